The Morgan fingerprint density at radius 1 is 1.14 bits per heavy atom. The standard InChI is InChI=1S/C18H17N3O/c1-14-8-10-16(11-9-14)20-18(22)15(12-19)13-21(2)17-6-4-3-5-7-17/h3-11,13H,1-2H3,(H,20,22)/b15-13-. The van der Waals surface area contributed by atoms with Crippen LogP contribution in [0.15, 0.2) is 66.4 Å². The maximum Gasteiger partial charge on any atom is 0.267 e. The first-order valence-electron chi connectivity index (χ1n) is 6.88. The molecule has 0 fully saturated rings. The minimum atomic E-state index is -0.422. The van der Waals surface area contributed by atoms with Gasteiger partial charge < -0.3 is 10.2 Å². The highest BCUT2D eigenvalue weighted by atomic mass is 16.1. The van der Waals surface area contributed by atoms with Crippen LogP contribution >= 0.6 is 0 Å². The molecule has 2 rings (SSSR count). The topological polar surface area (TPSA) is 56.1 Å². The van der Waals surface area contributed by atoms with Crippen LogP contribution in [0.4, 0.5) is 11.4 Å². The minimum absolute atomic E-state index is 0.0481. The fourth-order valence-corrected chi connectivity index (χ4v) is 1.90. The summed E-state index contributed by atoms with van der Waals surface area (Å²) in [4.78, 5) is 13.9. The quantitative estimate of drug-likeness (QED) is 0.693. The number of rotatable bonds is 4. The van der Waals surface area contributed by atoms with Crippen molar-refractivity contribution < 1.29 is 4.79 Å². The number of carbonyl (C=O) groups is 1. The van der Waals surface area contributed by atoms with Crippen molar-refractivity contribution in [3.63, 3.8) is 0 Å². The van der Waals surface area contributed by atoms with E-state index in [0.717, 1.165) is 11.3 Å². The number of nitrogens with zero attached hydrogens (tertiary/aromatic N) is 2. The lowest BCUT2D eigenvalue weighted by atomic mass is 10.2. The molecule has 0 aromatic heterocycles. The number of carbonyl (C=O) groups excluding carboxylic acids is 1. The summed E-state index contributed by atoms with van der Waals surface area (Å²) >= 11 is 0. The molecule has 0 aliphatic heterocycles. The molecule has 110 valence electrons. The van der Waals surface area contributed by atoms with Crippen molar-refractivity contribution in [1.29, 1.82) is 5.26 Å². The molecule has 0 heterocycles. The summed E-state index contributed by atoms with van der Waals surface area (Å²) in [6.07, 6.45) is 1.53. The number of hydrogen-bond donors (Lipinski definition) is 1. The van der Waals surface area contributed by atoms with Crippen LogP contribution in [0.25, 0.3) is 0 Å². The Balaban J connectivity index is 2.13. The van der Waals surface area contributed by atoms with E-state index in [0.29, 0.717) is 5.69 Å². The van der Waals surface area contributed by atoms with Crippen LogP contribution in [0.5, 0.6) is 0 Å². The Morgan fingerprint density at radius 2 is 1.77 bits per heavy atom. The summed E-state index contributed by atoms with van der Waals surface area (Å²) in [5.74, 6) is -0.422. The summed E-state index contributed by atoms with van der Waals surface area (Å²) in [6, 6.07) is 18.9. The molecule has 0 aliphatic carbocycles. The van der Waals surface area contributed by atoms with Crippen molar-refractivity contribution in [3.8, 4) is 6.07 Å². The van der Waals surface area contributed by atoms with E-state index in [-0.39, 0.29) is 5.57 Å². The van der Waals surface area contributed by atoms with Gasteiger partial charge in [0, 0.05) is 24.6 Å². The molecule has 2 aromatic carbocycles. The zero-order chi connectivity index (χ0) is 15.9. The number of hydrogen-bond acceptors (Lipinski definition) is 3. The van der Waals surface area contributed by atoms with Crippen molar-refractivity contribution in [2.45, 2.75) is 6.92 Å². The first kappa shape index (κ1) is 15.3. The third kappa shape index (κ3) is 3.97. The number of nitriles is 1. The zero-order valence-electron chi connectivity index (χ0n) is 12.6. The molecule has 4 heteroatoms. The molecule has 22 heavy (non-hydrogen) atoms. The van der Waals surface area contributed by atoms with Crippen LogP contribution in [-0.4, -0.2) is 13.0 Å². The second kappa shape index (κ2) is 7.09. The highest BCUT2D eigenvalue weighted by Gasteiger charge is 2.10. The Labute approximate surface area is 130 Å². The number of anilines is 2. The van der Waals surface area contributed by atoms with Crippen LogP contribution in [0.1, 0.15) is 5.56 Å². The molecular weight excluding hydrogens is 274 g/mol. The Bertz CT molecular complexity index is 712. The molecule has 0 atom stereocenters. The Morgan fingerprint density at radius 3 is 2.36 bits per heavy atom. The van der Waals surface area contributed by atoms with Gasteiger partial charge in [-0.1, -0.05) is 35.9 Å². The number of nitrogens with one attached hydrogen (secondary N) is 1. The van der Waals surface area contributed by atoms with Gasteiger partial charge >= 0.3 is 0 Å². The van der Waals surface area contributed by atoms with Crippen LogP contribution in [0.2, 0.25) is 0 Å². The van der Waals surface area contributed by atoms with Gasteiger partial charge in [-0.15, -0.1) is 0 Å². The van der Waals surface area contributed by atoms with Gasteiger partial charge in [-0.3, -0.25) is 4.79 Å². The summed E-state index contributed by atoms with van der Waals surface area (Å²) in [6.45, 7) is 1.97. The molecule has 1 amide bonds. The average molecular weight is 291 g/mol. The van der Waals surface area contributed by atoms with Crippen LogP contribution in [0, 0.1) is 18.3 Å². The molecule has 4 nitrogen and oxygen atoms in total. The molecule has 0 aliphatic rings. The predicted molar refractivity (Wildman–Crippen MR) is 88.3 cm³/mol. The smallest absolute Gasteiger partial charge is 0.267 e. The molecule has 0 bridgehead atoms. The van der Waals surface area contributed by atoms with E-state index in [1.807, 2.05) is 67.6 Å². The third-order valence-electron chi connectivity index (χ3n) is 3.16. The van der Waals surface area contributed by atoms with Crippen molar-refractivity contribution >= 4 is 17.3 Å². The first-order chi connectivity index (χ1) is 10.6. The number of amides is 1. The summed E-state index contributed by atoms with van der Waals surface area (Å²) in [5, 5.41) is 11.9. The highest BCUT2D eigenvalue weighted by molar-refractivity contribution is 6.06. The maximum atomic E-state index is 12.2. The fourth-order valence-electron chi connectivity index (χ4n) is 1.90. The zero-order valence-corrected chi connectivity index (χ0v) is 12.6. The van der Waals surface area contributed by atoms with Gasteiger partial charge in [-0.2, -0.15) is 5.26 Å². The largest absolute Gasteiger partial charge is 0.350 e. The van der Waals surface area contributed by atoms with Crippen molar-refractivity contribution in [1.82, 2.24) is 0 Å². The van der Waals surface area contributed by atoms with E-state index in [9.17, 15) is 10.1 Å². The molecular formula is C18H17N3O. The minimum Gasteiger partial charge on any atom is -0.350 e. The molecule has 0 unspecified atom stereocenters. The van der Waals surface area contributed by atoms with Crippen molar-refractivity contribution in [2.75, 3.05) is 17.3 Å². The van der Waals surface area contributed by atoms with E-state index >= 15 is 0 Å². The monoisotopic (exact) mass is 291 g/mol. The van der Waals surface area contributed by atoms with Gasteiger partial charge in [0.05, 0.1) is 0 Å². The predicted octanol–water partition coefficient (Wildman–Crippen LogP) is 3.48. The fraction of sp³-hybridized carbons (Fsp3) is 0.111. The molecule has 1 N–H and O–H groups in total. The van der Waals surface area contributed by atoms with E-state index in [1.54, 1.807) is 11.9 Å². The van der Waals surface area contributed by atoms with Crippen LogP contribution < -0.4 is 10.2 Å². The molecule has 0 saturated heterocycles. The maximum absolute atomic E-state index is 12.2. The van der Waals surface area contributed by atoms with E-state index in [1.165, 1.54) is 6.20 Å². The molecule has 0 radical (unpaired) electrons. The number of aryl methyl sites for hydroxylation is 1. The lowest BCUT2D eigenvalue weighted by molar-refractivity contribution is -0.112. The second-order valence-electron chi connectivity index (χ2n) is 4.92. The molecule has 2 aromatic rings. The van der Waals surface area contributed by atoms with Gasteiger partial charge in [0.25, 0.3) is 5.91 Å². The van der Waals surface area contributed by atoms with Gasteiger partial charge in [0.1, 0.15) is 11.6 Å². The van der Waals surface area contributed by atoms with Gasteiger partial charge in [0.2, 0.25) is 0 Å². The summed E-state index contributed by atoms with van der Waals surface area (Å²) < 4.78 is 0. The van der Waals surface area contributed by atoms with Crippen molar-refractivity contribution in [2.24, 2.45) is 0 Å². The first-order valence-corrected chi connectivity index (χ1v) is 6.88. The Hall–Kier alpha value is -3.06. The van der Waals surface area contributed by atoms with Gasteiger partial charge in [-0.05, 0) is 31.2 Å². The van der Waals surface area contributed by atoms with Gasteiger partial charge in [-0.25, -0.2) is 0 Å². The SMILES string of the molecule is Cc1ccc(NC(=O)/C(C#N)=C\N(C)c2ccccc2)cc1. The lowest BCUT2D eigenvalue weighted by Gasteiger charge is -2.14. The van der Waals surface area contributed by atoms with Crippen molar-refractivity contribution in [3.05, 3.63) is 71.9 Å². The number of benzene rings is 2. The molecule has 0 spiro atoms. The van der Waals surface area contributed by atoms with Crippen LogP contribution in [0.3, 0.4) is 0 Å². The number of para-hydroxylation sites is 1. The second-order valence-corrected chi connectivity index (χ2v) is 4.92. The summed E-state index contributed by atoms with van der Waals surface area (Å²) in [5.41, 5.74) is 2.72. The van der Waals surface area contributed by atoms with E-state index in [4.69, 9.17) is 0 Å². The average Bonchev–Trinajstić information content (AvgIpc) is 2.55. The van der Waals surface area contributed by atoms with Gasteiger partial charge in [0.15, 0.2) is 0 Å². The van der Waals surface area contributed by atoms with E-state index in [2.05, 4.69) is 5.32 Å². The lowest BCUT2D eigenvalue weighted by Crippen LogP contribution is -2.17. The summed E-state index contributed by atoms with van der Waals surface area (Å²) in [7, 11) is 1.80. The van der Waals surface area contributed by atoms with Crippen LogP contribution in [-0.2, 0) is 4.79 Å². The van der Waals surface area contributed by atoms with E-state index < -0.39 is 5.91 Å². The normalized spacial score (nSPS) is 10.7. The third-order valence-corrected chi connectivity index (χ3v) is 3.16. The highest BCUT2D eigenvalue weighted by Crippen LogP contribution is 2.14. The molecule has 0 saturated carbocycles. The Kier molecular flexibility index (Phi) is 4.94.